The SMILES string of the molecule is N#Cc1cc(OC2CCOC2)nc2ccccc12. The van der Waals surface area contributed by atoms with Crippen molar-refractivity contribution in [3.63, 3.8) is 0 Å². The molecule has 4 nitrogen and oxygen atoms in total. The van der Waals surface area contributed by atoms with E-state index in [0.29, 0.717) is 18.1 Å². The maximum absolute atomic E-state index is 9.16. The molecule has 2 aromatic rings. The van der Waals surface area contributed by atoms with E-state index in [2.05, 4.69) is 11.1 Å². The quantitative estimate of drug-likeness (QED) is 0.808. The van der Waals surface area contributed by atoms with E-state index in [4.69, 9.17) is 14.7 Å². The second-order valence-electron chi connectivity index (χ2n) is 4.24. The summed E-state index contributed by atoms with van der Waals surface area (Å²) in [6, 6.07) is 11.5. The van der Waals surface area contributed by atoms with Gasteiger partial charge in [-0.25, -0.2) is 4.98 Å². The fraction of sp³-hybridized carbons (Fsp3) is 0.286. The number of nitrogens with zero attached hydrogens (tertiary/aromatic N) is 2. The highest BCUT2D eigenvalue weighted by Crippen LogP contribution is 2.23. The van der Waals surface area contributed by atoms with Crippen LogP contribution in [0.5, 0.6) is 5.88 Å². The van der Waals surface area contributed by atoms with Gasteiger partial charge in [0.05, 0.1) is 24.3 Å². The molecule has 0 N–H and O–H groups in total. The van der Waals surface area contributed by atoms with Gasteiger partial charge >= 0.3 is 0 Å². The van der Waals surface area contributed by atoms with Gasteiger partial charge in [0.25, 0.3) is 0 Å². The lowest BCUT2D eigenvalue weighted by Crippen LogP contribution is -2.16. The smallest absolute Gasteiger partial charge is 0.215 e. The van der Waals surface area contributed by atoms with Crippen molar-refractivity contribution in [2.45, 2.75) is 12.5 Å². The molecule has 4 heteroatoms. The van der Waals surface area contributed by atoms with Gasteiger partial charge in [-0.3, -0.25) is 0 Å². The Morgan fingerprint density at radius 3 is 3.06 bits per heavy atom. The highest BCUT2D eigenvalue weighted by molar-refractivity contribution is 5.85. The van der Waals surface area contributed by atoms with Gasteiger partial charge in [0.1, 0.15) is 12.2 Å². The first-order valence-electron chi connectivity index (χ1n) is 5.91. The highest BCUT2D eigenvalue weighted by atomic mass is 16.5. The van der Waals surface area contributed by atoms with E-state index in [-0.39, 0.29) is 6.10 Å². The number of hydrogen-bond donors (Lipinski definition) is 0. The number of hydrogen-bond acceptors (Lipinski definition) is 4. The number of pyridine rings is 1. The van der Waals surface area contributed by atoms with Crippen LogP contribution in [0.1, 0.15) is 12.0 Å². The summed E-state index contributed by atoms with van der Waals surface area (Å²) in [5, 5.41) is 10.0. The van der Waals surface area contributed by atoms with Crippen molar-refractivity contribution in [3.05, 3.63) is 35.9 Å². The molecule has 0 spiro atoms. The predicted octanol–water partition coefficient (Wildman–Crippen LogP) is 2.27. The van der Waals surface area contributed by atoms with Gasteiger partial charge in [0.15, 0.2) is 0 Å². The van der Waals surface area contributed by atoms with Gasteiger partial charge in [0, 0.05) is 17.9 Å². The lowest BCUT2D eigenvalue weighted by Gasteiger charge is -2.11. The Morgan fingerprint density at radius 1 is 1.39 bits per heavy atom. The van der Waals surface area contributed by atoms with Crippen LogP contribution in [0.2, 0.25) is 0 Å². The van der Waals surface area contributed by atoms with Crippen molar-refractivity contribution in [2.24, 2.45) is 0 Å². The third-order valence-electron chi connectivity index (χ3n) is 2.99. The zero-order valence-corrected chi connectivity index (χ0v) is 9.80. The maximum atomic E-state index is 9.16. The van der Waals surface area contributed by atoms with Crippen LogP contribution in [-0.2, 0) is 4.74 Å². The lowest BCUT2D eigenvalue weighted by molar-refractivity contribution is 0.138. The second-order valence-corrected chi connectivity index (χ2v) is 4.24. The number of nitriles is 1. The molecular formula is C14H12N2O2. The fourth-order valence-corrected chi connectivity index (χ4v) is 2.08. The van der Waals surface area contributed by atoms with Crippen LogP contribution in [0.4, 0.5) is 0 Å². The van der Waals surface area contributed by atoms with Crippen LogP contribution in [0, 0.1) is 11.3 Å². The Morgan fingerprint density at radius 2 is 2.28 bits per heavy atom. The number of ether oxygens (including phenoxy) is 2. The summed E-state index contributed by atoms with van der Waals surface area (Å²) in [5.41, 5.74) is 1.37. The van der Waals surface area contributed by atoms with E-state index in [1.807, 2.05) is 24.3 Å². The molecule has 18 heavy (non-hydrogen) atoms. The summed E-state index contributed by atoms with van der Waals surface area (Å²) in [4.78, 5) is 4.42. The minimum Gasteiger partial charge on any atom is -0.472 e. The Labute approximate surface area is 105 Å². The summed E-state index contributed by atoms with van der Waals surface area (Å²) in [7, 11) is 0. The van der Waals surface area contributed by atoms with Gasteiger partial charge in [0.2, 0.25) is 5.88 Å². The zero-order valence-electron chi connectivity index (χ0n) is 9.80. The van der Waals surface area contributed by atoms with Crippen molar-refractivity contribution in [3.8, 4) is 11.9 Å². The van der Waals surface area contributed by atoms with Gasteiger partial charge < -0.3 is 9.47 Å². The third-order valence-corrected chi connectivity index (χ3v) is 2.99. The summed E-state index contributed by atoms with van der Waals surface area (Å²) in [5.74, 6) is 0.501. The summed E-state index contributed by atoms with van der Waals surface area (Å²) < 4.78 is 11.0. The Balaban J connectivity index is 2.00. The summed E-state index contributed by atoms with van der Waals surface area (Å²) in [6.45, 7) is 1.32. The Kier molecular flexibility index (Phi) is 2.83. The number of fused-ring (bicyclic) bond motifs is 1. The van der Waals surface area contributed by atoms with Gasteiger partial charge in [-0.1, -0.05) is 18.2 Å². The number of para-hydroxylation sites is 1. The molecule has 2 heterocycles. The van der Waals surface area contributed by atoms with Crippen LogP contribution in [0.3, 0.4) is 0 Å². The molecule has 1 aliphatic heterocycles. The lowest BCUT2D eigenvalue weighted by atomic mass is 10.1. The number of aromatic nitrogens is 1. The van der Waals surface area contributed by atoms with Crippen molar-refractivity contribution >= 4 is 10.9 Å². The van der Waals surface area contributed by atoms with Crippen molar-refractivity contribution in [1.82, 2.24) is 4.98 Å². The van der Waals surface area contributed by atoms with Crippen LogP contribution in [0.15, 0.2) is 30.3 Å². The topological polar surface area (TPSA) is 55.1 Å². The first kappa shape index (κ1) is 11.0. The molecule has 1 fully saturated rings. The molecule has 0 radical (unpaired) electrons. The Hall–Kier alpha value is -2.12. The molecule has 3 rings (SSSR count). The molecule has 90 valence electrons. The largest absolute Gasteiger partial charge is 0.472 e. The fourth-order valence-electron chi connectivity index (χ4n) is 2.08. The van der Waals surface area contributed by atoms with Gasteiger partial charge in [-0.15, -0.1) is 0 Å². The summed E-state index contributed by atoms with van der Waals surface area (Å²) >= 11 is 0. The first-order valence-corrected chi connectivity index (χ1v) is 5.91. The minimum atomic E-state index is 0.0465. The molecule has 1 unspecified atom stereocenters. The van der Waals surface area contributed by atoms with Crippen molar-refractivity contribution < 1.29 is 9.47 Å². The normalized spacial score (nSPS) is 18.7. The molecule has 1 saturated heterocycles. The van der Waals surface area contributed by atoms with Crippen LogP contribution in [0.25, 0.3) is 10.9 Å². The zero-order chi connectivity index (χ0) is 12.4. The average Bonchev–Trinajstić information content (AvgIpc) is 2.90. The van der Waals surface area contributed by atoms with E-state index in [1.165, 1.54) is 0 Å². The molecule has 0 aliphatic carbocycles. The van der Waals surface area contributed by atoms with E-state index >= 15 is 0 Å². The monoisotopic (exact) mass is 240 g/mol. The second kappa shape index (κ2) is 4.63. The van der Waals surface area contributed by atoms with Gasteiger partial charge in [-0.2, -0.15) is 5.26 Å². The maximum Gasteiger partial charge on any atom is 0.215 e. The van der Waals surface area contributed by atoms with E-state index in [9.17, 15) is 0 Å². The van der Waals surface area contributed by atoms with Gasteiger partial charge in [-0.05, 0) is 6.07 Å². The molecule has 0 saturated carbocycles. The molecule has 1 aromatic carbocycles. The van der Waals surface area contributed by atoms with Crippen molar-refractivity contribution in [2.75, 3.05) is 13.2 Å². The highest BCUT2D eigenvalue weighted by Gasteiger charge is 2.18. The predicted molar refractivity (Wildman–Crippen MR) is 66.3 cm³/mol. The van der Waals surface area contributed by atoms with Crippen molar-refractivity contribution in [1.29, 1.82) is 5.26 Å². The number of rotatable bonds is 2. The molecule has 1 atom stereocenters. The molecule has 1 aliphatic rings. The third kappa shape index (κ3) is 2.01. The van der Waals surface area contributed by atoms with E-state index < -0.39 is 0 Å². The Bertz CT molecular complexity index is 613. The molecule has 0 amide bonds. The molecular weight excluding hydrogens is 228 g/mol. The van der Waals surface area contributed by atoms with Crippen LogP contribution < -0.4 is 4.74 Å². The number of benzene rings is 1. The standard InChI is InChI=1S/C14H12N2O2/c15-8-10-7-14(18-11-5-6-17-9-11)16-13-4-2-1-3-12(10)13/h1-4,7,11H,5-6,9H2. The van der Waals surface area contributed by atoms with E-state index in [0.717, 1.165) is 23.9 Å². The molecule has 1 aromatic heterocycles. The van der Waals surface area contributed by atoms with Crippen LogP contribution >= 0.6 is 0 Å². The summed E-state index contributed by atoms with van der Waals surface area (Å²) in [6.07, 6.45) is 0.918. The van der Waals surface area contributed by atoms with E-state index in [1.54, 1.807) is 6.07 Å². The van der Waals surface area contributed by atoms with Crippen LogP contribution in [-0.4, -0.2) is 24.3 Å². The molecule has 0 bridgehead atoms. The first-order chi connectivity index (χ1) is 8.86. The average molecular weight is 240 g/mol. The minimum absolute atomic E-state index is 0.0465.